The van der Waals surface area contributed by atoms with Gasteiger partial charge in [0.15, 0.2) is 0 Å². The van der Waals surface area contributed by atoms with Gasteiger partial charge in [0.2, 0.25) is 7.29 Å². The van der Waals surface area contributed by atoms with E-state index >= 15 is 0 Å². The fourth-order valence-electron chi connectivity index (χ4n) is 2.52. The van der Waals surface area contributed by atoms with Crippen molar-refractivity contribution in [1.29, 1.82) is 0 Å². The molecule has 3 aromatic carbocycles. The van der Waals surface area contributed by atoms with E-state index in [0.717, 1.165) is 16.7 Å². The van der Waals surface area contributed by atoms with Crippen LogP contribution >= 0.6 is 42.1 Å². The number of nitrogens with one attached hydrogen (secondary N) is 1. The van der Waals surface area contributed by atoms with Gasteiger partial charge in [0.1, 0.15) is 0 Å². The third kappa shape index (κ3) is 6.62. The summed E-state index contributed by atoms with van der Waals surface area (Å²) in [5.74, 6) is 2.91. The van der Waals surface area contributed by atoms with Gasteiger partial charge in [-0.2, -0.15) is 5.10 Å². The summed E-state index contributed by atoms with van der Waals surface area (Å²) in [4.78, 5) is 0. The van der Waals surface area contributed by atoms with Crippen molar-refractivity contribution in [2.45, 2.75) is 0 Å². The summed E-state index contributed by atoms with van der Waals surface area (Å²) in [6.07, 6.45) is 1.55. The normalized spacial score (nSPS) is 14.5. The molecular formula is C23H18Cl3N2OP. The molecule has 3 nitrogen and oxygen atoms in total. The quantitative estimate of drug-likeness (QED) is 0.213. The van der Waals surface area contributed by atoms with Gasteiger partial charge in [0, 0.05) is 16.7 Å². The van der Waals surface area contributed by atoms with Crippen LogP contribution in [0.25, 0.3) is 10.1 Å². The van der Waals surface area contributed by atoms with Crippen LogP contribution in [0.2, 0.25) is 5.02 Å². The number of rotatable bonds is 7. The number of hydrazone groups is 1. The molecule has 0 aromatic heterocycles. The number of nitrogens with zero attached hydrogens (tertiary/aromatic N) is 1. The van der Waals surface area contributed by atoms with Gasteiger partial charge in [-0.15, -0.1) is 0 Å². The van der Waals surface area contributed by atoms with Crippen LogP contribution in [-0.4, -0.2) is 6.21 Å². The molecule has 0 fully saturated rings. The fourth-order valence-corrected chi connectivity index (χ4v) is 5.17. The number of benzene rings is 3. The van der Waals surface area contributed by atoms with Gasteiger partial charge in [0.25, 0.3) is 0 Å². The van der Waals surface area contributed by atoms with Crippen LogP contribution in [-0.2, 0) is 4.57 Å². The predicted octanol–water partition coefficient (Wildman–Crippen LogP) is 8.02. The molecule has 0 saturated heterocycles. The van der Waals surface area contributed by atoms with E-state index in [0.29, 0.717) is 15.1 Å². The zero-order valence-electron chi connectivity index (χ0n) is 15.8. The lowest BCUT2D eigenvalue weighted by atomic mass is 10.2. The third-order valence-electron chi connectivity index (χ3n) is 4.01. The highest BCUT2D eigenvalue weighted by Crippen LogP contribution is 2.50. The average molecular weight is 476 g/mol. The minimum Gasteiger partial charge on any atom is -0.290 e. The Morgan fingerprint density at radius 3 is 1.70 bits per heavy atom. The molecule has 0 amide bonds. The van der Waals surface area contributed by atoms with Crippen LogP contribution in [0.5, 0.6) is 0 Å². The van der Waals surface area contributed by atoms with Crippen LogP contribution in [0.15, 0.2) is 102 Å². The molecule has 0 bridgehead atoms. The van der Waals surface area contributed by atoms with E-state index < -0.39 is 7.29 Å². The zero-order valence-corrected chi connectivity index (χ0v) is 18.9. The Kier molecular flexibility index (Phi) is 7.95. The molecule has 0 aliphatic carbocycles. The van der Waals surface area contributed by atoms with Gasteiger partial charge in [-0.3, -0.25) is 9.76 Å². The summed E-state index contributed by atoms with van der Waals surface area (Å²) < 4.78 is 13.7. The van der Waals surface area contributed by atoms with E-state index in [-0.39, 0.29) is 0 Å². The molecule has 0 aliphatic rings. The summed E-state index contributed by atoms with van der Waals surface area (Å²) in [6, 6.07) is 25.6. The van der Waals surface area contributed by atoms with Crippen molar-refractivity contribution in [3.8, 4) is 0 Å². The van der Waals surface area contributed by atoms with E-state index in [9.17, 15) is 4.57 Å². The number of halogens is 3. The monoisotopic (exact) mass is 474 g/mol. The highest BCUT2D eigenvalue weighted by Gasteiger charge is 2.18. The lowest BCUT2D eigenvalue weighted by Gasteiger charge is -2.12. The Morgan fingerprint density at radius 1 is 0.767 bits per heavy atom. The summed E-state index contributed by atoms with van der Waals surface area (Å²) in [5.41, 5.74) is 2.29. The van der Waals surface area contributed by atoms with Crippen LogP contribution in [0, 0.1) is 0 Å². The summed E-state index contributed by atoms with van der Waals surface area (Å²) >= 11 is 18.8. The van der Waals surface area contributed by atoms with Gasteiger partial charge < -0.3 is 0 Å². The van der Waals surface area contributed by atoms with E-state index in [1.165, 1.54) is 11.6 Å². The fraction of sp³-hybridized carbons (Fsp3) is 0. The molecule has 1 unspecified atom stereocenters. The van der Waals surface area contributed by atoms with E-state index in [4.69, 9.17) is 34.8 Å². The van der Waals surface area contributed by atoms with Crippen LogP contribution in [0.4, 0.5) is 0 Å². The van der Waals surface area contributed by atoms with Crippen molar-refractivity contribution in [2.75, 3.05) is 0 Å². The second kappa shape index (κ2) is 10.7. The van der Waals surface area contributed by atoms with Gasteiger partial charge in [0.05, 0.1) is 16.3 Å². The van der Waals surface area contributed by atoms with Crippen molar-refractivity contribution in [3.05, 3.63) is 118 Å². The number of hydrogen-bond acceptors (Lipinski definition) is 2. The molecule has 3 aromatic rings. The van der Waals surface area contributed by atoms with Gasteiger partial charge in [-0.1, -0.05) is 108 Å². The first-order chi connectivity index (χ1) is 14.5. The minimum absolute atomic E-state index is 0.335. The minimum atomic E-state index is -3.37. The summed E-state index contributed by atoms with van der Waals surface area (Å²) in [5, 5.41) is 8.18. The maximum absolute atomic E-state index is 13.7. The molecule has 0 saturated carbocycles. The summed E-state index contributed by atoms with van der Waals surface area (Å²) in [7, 11) is -3.37. The first kappa shape index (κ1) is 22.4. The van der Waals surface area contributed by atoms with E-state index in [1.54, 1.807) is 30.5 Å². The van der Waals surface area contributed by atoms with Crippen molar-refractivity contribution in [3.63, 3.8) is 0 Å². The maximum Gasteiger partial charge on any atom is 0.231 e. The molecule has 1 N–H and O–H groups in total. The van der Waals surface area contributed by atoms with Crippen LogP contribution < -0.4 is 5.20 Å². The van der Waals surface area contributed by atoms with Crippen molar-refractivity contribution < 1.29 is 4.57 Å². The van der Waals surface area contributed by atoms with Crippen LogP contribution in [0.3, 0.4) is 0 Å². The SMILES string of the molecule is O=P(/C=C(\Cl)c1ccccc1)(/C=C(/Cl)c1ccccc1)N/N=C/c1ccc(Cl)cc1. The topological polar surface area (TPSA) is 41.5 Å². The highest BCUT2D eigenvalue weighted by atomic mass is 35.5. The van der Waals surface area contributed by atoms with Gasteiger partial charge in [-0.05, 0) is 28.8 Å². The second-order valence-corrected chi connectivity index (χ2v) is 9.69. The Hall–Kier alpha value is -2.29. The van der Waals surface area contributed by atoms with Gasteiger partial charge in [-0.25, -0.2) is 0 Å². The Morgan fingerprint density at radius 2 is 1.23 bits per heavy atom. The molecule has 0 radical (unpaired) electrons. The van der Waals surface area contributed by atoms with Gasteiger partial charge >= 0.3 is 0 Å². The summed E-state index contributed by atoms with van der Waals surface area (Å²) in [6.45, 7) is 0. The van der Waals surface area contributed by atoms with Crippen molar-refractivity contribution in [2.24, 2.45) is 5.10 Å². The Bertz CT molecular complexity index is 1050. The molecule has 0 spiro atoms. The molecule has 0 aliphatic heterocycles. The molecule has 30 heavy (non-hydrogen) atoms. The number of hydrogen-bond donors (Lipinski definition) is 1. The lowest BCUT2D eigenvalue weighted by Crippen LogP contribution is -2.00. The molecule has 1 atom stereocenters. The third-order valence-corrected chi connectivity index (χ3v) is 6.93. The first-order valence-corrected chi connectivity index (χ1v) is 12.0. The van der Waals surface area contributed by atoms with E-state index in [2.05, 4.69) is 10.3 Å². The lowest BCUT2D eigenvalue weighted by molar-refractivity contribution is 0.579. The van der Waals surface area contributed by atoms with E-state index in [1.807, 2.05) is 60.7 Å². The molecule has 7 heteroatoms. The Balaban J connectivity index is 1.93. The zero-order chi connectivity index (χ0) is 21.4. The molecule has 3 rings (SSSR count). The van der Waals surface area contributed by atoms with Crippen molar-refractivity contribution in [1.82, 2.24) is 5.20 Å². The maximum atomic E-state index is 13.7. The van der Waals surface area contributed by atoms with Crippen molar-refractivity contribution >= 4 is 58.4 Å². The first-order valence-electron chi connectivity index (χ1n) is 8.98. The predicted molar refractivity (Wildman–Crippen MR) is 130 cm³/mol. The second-order valence-electron chi connectivity index (χ2n) is 6.31. The standard InChI is InChI=1S/C23H18Cl3N2OP/c24-21-13-11-18(12-14-21)15-27-28-30(29,16-22(25)19-7-3-1-4-8-19)17-23(26)20-9-5-2-6-10-20/h1-17H,(H,28,29)/b22-16-,23-17+,27-15+. The molecule has 0 heterocycles. The Labute approximate surface area is 191 Å². The molecular weight excluding hydrogens is 458 g/mol. The average Bonchev–Trinajstić information content (AvgIpc) is 2.76. The smallest absolute Gasteiger partial charge is 0.231 e. The molecule has 152 valence electrons. The largest absolute Gasteiger partial charge is 0.290 e. The van der Waals surface area contributed by atoms with Crippen LogP contribution in [0.1, 0.15) is 16.7 Å². The highest BCUT2D eigenvalue weighted by molar-refractivity contribution is 7.68.